The van der Waals surface area contributed by atoms with Gasteiger partial charge in [-0.2, -0.15) is 0 Å². The maximum atomic E-state index is 12.7. The minimum absolute atomic E-state index is 0.0243. The van der Waals surface area contributed by atoms with Gasteiger partial charge in [-0.3, -0.25) is 14.4 Å². The number of nitrogens with zero attached hydrogens (tertiary/aromatic N) is 1. The van der Waals surface area contributed by atoms with E-state index in [4.69, 9.17) is 5.11 Å². The van der Waals surface area contributed by atoms with Crippen LogP contribution in [0.5, 0.6) is 0 Å². The maximum absolute atomic E-state index is 12.7. The highest BCUT2D eigenvalue weighted by atomic mass is 16.4. The molecule has 1 atom stereocenters. The lowest BCUT2D eigenvalue weighted by atomic mass is 9.98. The summed E-state index contributed by atoms with van der Waals surface area (Å²) in [5, 5.41) is 15.3. The molecule has 3 aromatic rings. The lowest BCUT2D eigenvalue weighted by molar-refractivity contribution is -0.135. The Bertz CT molecular complexity index is 1180. The van der Waals surface area contributed by atoms with Gasteiger partial charge in [0.1, 0.15) is 6.54 Å². The van der Waals surface area contributed by atoms with Gasteiger partial charge in [-0.15, -0.1) is 0 Å². The number of carboxylic acids is 1. The molecule has 34 heavy (non-hydrogen) atoms. The number of benzene rings is 2. The number of aliphatic carboxylic acids is 1. The molecule has 0 spiro atoms. The summed E-state index contributed by atoms with van der Waals surface area (Å²) in [6.07, 6.45) is 5.87. The van der Waals surface area contributed by atoms with Crippen LogP contribution in [0.1, 0.15) is 61.0 Å². The molecule has 7 heteroatoms. The van der Waals surface area contributed by atoms with Gasteiger partial charge in [-0.1, -0.05) is 38.8 Å². The van der Waals surface area contributed by atoms with E-state index < -0.39 is 18.4 Å². The zero-order chi connectivity index (χ0) is 24.7. The summed E-state index contributed by atoms with van der Waals surface area (Å²) < 4.78 is 2.12. The molecule has 3 N–H and O–H groups in total. The quantitative estimate of drug-likeness (QED) is 0.374. The van der Waals surface area contributed by atoms with E-state index in [0.717, 1.165) is 53.4 Å². The van der Waals surface area contributed by atoms with E-state index in [1.807, 2.05) is 43.5 Å². The van der Waals surface area contributed by atoms with E-state index in [0.29, 0.717) is 12.1 Å². The molecule has 2 amide bonds. The molecule has 2 aromatic carbocycles. The van der Waals surface area contributed by atoms with Gasteiger partial charge in [0.05, 0.1) is 5.52 Å². The fourth-order valence-corrected chi connectivity index (χ4v) is 4.07. The number of hydrogen-bond donors (Lipinski definition) is 3. The molecule has 0 aliphatic rings. The third kappa shape index (κ3) is 6.25. The Morgan fingerprint density at radius 2 is 1.85 bits per heavy atom. The summed E-state index contributed by atoms with van der Waals surface area (Å²) in [5.74, 6) is -1.40. The highest BCUT2D eigenvalue weighted by molar-refractivity contribution is 5.96. The molecule has 1 heterocycles. The van der Waals surface area contributed by atoms with Crippen molar-refractivity contribution in [2.75, 3.05) is 11.9 Å². The Morgan fingerprint density at radius 1 is 1.06 bits per heavy atom. The topological polar surface area (TPSA) is 100 Å². The number of nitrogens with one attached hydrogen (secondary N) is 2. The number of amides is 2. The van der Waals surface area contributed by atoms with Crippen molar-refractivity contribution in [1.29, 1.82) is 0 Å². The van der Waals surface area contributed by atoms with Gasteiger partial charge >= 0.3 is 5.97 Å². The molecule has 1 aromatic heterocycles. The van der Waals surface area contributed by atoms with Gasteiger partial charge in [-0.25, -0.2) is 0 Å². The number of anilines is 1. The fourth-order valence-electron chi connectivity index (χ4n) is 4.07. The minimum Gasteiger partial charge on any atom is -0.480 e. The van der Waals surface area contributed by atoms with Gasteiger partial charge < -0.3 is 20.3 Å². The molecular weight excluding hydrogens is 430 g/mol. The first kappa shape index (κ1) is 25.0. The molecule has 180 valence electrons. The van der Waals surface area contributed by atoms with Crippen molar-refractivity contribution >= 4 is 34.4 Å². The van der Waals surface area contributed by atoms with Gasteiger partial charge in [0.2, 0.25) is 5.91 Å². The van der Waals surface area contributed by atoms with Crippen LogP contribution in [0.3, 0.4) is 0 Å². The minimum atomic E-state index is -1.08. The Morgan fingerprint density at radius 3 is 2.53 bits per heavy atom. The number of aryl methyl sites for hydroxylation is 1. The third-order valence-electron chi connectivity index (χ3n) is 6.16. The van der Waals surface area contributed by atoms with Gasteiger partial charge in [-0.05, 0) is 66.6 Å². The summed E-state index contributed by atoms with van der Waals surface area (Å²) in [6, 6.07) is 13.4. The predicted molar refractivity (Wildman–Crippen MR) is 134 cm³/mol. The van der Waals surface area contributed by atoms with Crippen molar-refractivity contribution in [1.82, 2.24) is 9.88 Å². The standard InChI is InChI=1S/C27H33N3O4/c1-4-6-7-19(5-2)27(34)29-23-11-10-20-12-13-30(24(20)15-23)17-22-9-8-21(14-18(22)3)26(33)28-16-25(31)32/h8-15,19H,4-7,16-17H2,1-3H3,(H,28,33)(H,29,34)(H,31,32). The smallest absolute Gasteiger partial charge is 0.322 e. The van der Waals surface area contributed by atoms with Crippen molar-refractivity contribution in [3.05, 3.63) is 65.4 Å². The summed E-state index contributed by atoms with van der Waals surface area (Å²) >= 11 is 0. The third-order valence-corrected chi connectivity index (χ3v) is 6.16. The first-order chi connectivity index (χ1) is 16.3. The van der Waals surface area contributed by atoms with Crippen LogP contribution in [0.2, 0.25) is 0 Å². The molecule has 1 unspecified atom stereocenters. The average molecular weight is 464 g/mol. The molecule has 7 nitrogen and oxygen atoms in total. The molecule has 0 radical (unpaired) electrons. The van der Waals surface area contributed by atoms with Crippen LogP contribution in [0.25, 0.3) is 10.9 Å². The van der Waals surface area contributed by atoms with E-state index in [9.17, 15) is 14.4 Å². The highest BCUT2D eigenvalue weighted by Crippen LogP contribution is 2.24. The van der Waals surface area contributed by atoms with Gasteiger partial charge in [0.25, 0.3) is 5.91 Å². The van der Waals surface area contributed by atoms with E-state index in [1.165, 1.54) is 0 Å². The normalized spacial score (nSPS) is 11.9. The van der Waals surface area contributed by atoms with Crippen molar-refractivity contribution < 1.29 is 19.5 Å². The van der Waals surface area contributed by atoms with Crippen molar-refractivity contribution in [2.45, 2.75) is 53.0 Å². The summed E-state index contributed by atoms with van der Waals surface area (Å²) in [5.41, 5.74) is 4.22. The van der Waals surface area contributed by atoms with E-state index in [-0.39, 0.29) is 11.8 Å². The number of hydrogen-bond acceptors (Lipinski definition) is 3. The number of unbranched alkanes of at least 4 members (excludes halogenated alkanes) is 1. The molecular formula is C27H33N3O4. The second-order valence-electron chi connectivity index (χ2n) is 8.67. The molecule has 0 bridgehead atoms. The maximum Gasteiger partial charge on any atom is 0.322 e. The van der Waals surface area contributed by atoms with E-state index >= 15 is 0 Å². The second kappa shape index (κ2) is 11.5. The number of carbonyl (C=O) groups excluding carboxylic acids is 2. The number of carbonyl (C=O) groups is 3. The predicted octanol–water partition coefficient (Wildman–Crippen LogP) is 4.97. The highest BCUT2D eigenvalue weighted by Gasteiger charge is 2.16. The Hall–Kier alpha value is -3.61. The van der Waals surface area contributed by atoms with E-state index in [1.54, 1.807) is 12.1 Å². The Labute approximate surface area is 200 Å². The molecule has 0 saturated carbocycles. The SMILES string of the molecule is CCCCC(CC)C(=O)Nc1ccc2ccn(Cc3ccc(C(=O)NCC(=O)O)cc3C)c2c1. The zero-order valence-corrected chi connectivity index (χ0v) is 20.1. The molecule has 0 aliphatic heterocycles. The number of carboxylic acid groups (broad SMARTS) is 1. The van der Waals surface area contributed by atoms with E-state index in [2.05, 4.69) is 29.0 Å². The van der Waals surface area contributed by atoms with Crippen LogP contribution in [0.15, 0.2) is 48.7 Å². The van der Waals surface area contributed by atoms with Gasteiger partial charge in [0.15, 0.2) is 0 Å². The number of aromatic nitrogens is 1. The summed E-state index contributed by atoms with van der Waals surface area (Å²) in [4.78, 5) is 35.5. The Balaban J connectivity index is 1.76. The Kier molecular flexibility index (Phi) is 8.46. The fraction of sp³-hybridized carbons (Fsp3) is 0.370. The number of rotatable bonds is 11. The average Bonchev–Trinajstić information content (AvgIpc) is 3.21. The van der Waals surface area contributed by atoms with Crippen LogP contribution in [-0.4, -0.2) is 34.0 Å². The zero-order valence-electron chi connectivity index (χ0n) is 20.1. The van der Waals surface area contributed by atoms with Crippen LogP contribution < -0.4 is 10.6 Å². The van der Waals surface area contributed by atoms with Crippen LogP contribution in [0.4, 0.5) is 5.69 Å². The van der Waals surface area contributed by atoms with Crippen molar-refractivity contribution in [2.24, 2.45) is 5.92 Å². The van der Waals surface area contributed by atoms with Crippen LogP contribution >= 0.6 is 0 Å². The second-order valence-corrected chi connectivity index (χ2v) is 8.67. The molecule has 0 fully saturated rings. The first-order valence-corrected chi connectivity index (χ1v) is 11.8. The summed E-state index contributed by atoms with van der Waals surface area (Å²) in [6.45, 7) is 6.32. The van der Waals surface area contributed by atoms with Crippen LogP contribution in [-0.2, 0) is 16.1 Å². The molecule has 0 aliphatic carbocycles. The molecule has 0 saturated heterocycles. The first-order valence-electron chi connectivity index (χ1n) is 11.8. The van der Waals surface area contributed by atoms with Crippen molar-refractivity contribution in [3.63, 3.8) is 0 Å². The lowest BCUT2D eigenvalue weighted by Crippen LogP contribution is -2.29. The van der Waals surface area contributed by atoms with Crippen LogP contribution in [0, 0.1) is 12.8 Å². The largest absolute Gasteiger partial charge is 0.480 e. The molecule has 3 rings (SSSR count). The van der Waals surface area contributed by atoms with Crippen molar-refractivity contribution in [3.8, 4) is 0 Å². The monoisotopic (exact) mass is 463 g/mol. The lowest BCUT2D eigenvalue weighted by Gasteiger charge is -2.15. The van der Waals surface area contributed by atoms with Gasteiger partial charge in [0, 0.05) is 29.9 Å². The number of fused-ring (bicyclic) bond motifs is 1. The summed E-state index contributed by atoms with van der Waals surface area (Å²) in [7, 11) is 0.